The van der Waals surface area contributed by atoms with Crippen LogP contribution in [0.3, 0.4) is 0 Å². The molecule has 0 unspecified atom stereocenters. The Morgan fingerprint density at radius 1 is 1.06 bits per heavy atom. The molecule has 1 aliphatic heterocycles. The standard InChI is InChI=1S/C29H35N3O3/c1-21-16-32(22(2)19-33)29(34)27-11-7-6-10-26(27)25-9-5-4-8-24(25)20-35-28(21)18-31(3)17-23-12-14-30-15-13-23/h4-15,21-22,28,33H,16-20H2,1-3H3/t21-,22+,28-/m0/s1. The molecule has 1 N–H and O–H groups in total. The number of carbonyl (C=O) groups is 1. The first-order valence-corrected chi connectivity index (χ1v) is 12.3. The first-order valence-electron chi connectivity index (χ1n) is 12.3. The normalized spacial score (nSPS) is 19.6. The molecule has 1 aromatic heterocycles. The average Bonchev–Trinajstić information content (AvgIpc) is 2.90. The van der Waals surface area contributed by atoms with Gasteiger partial charge in [0.15, 0.2) is 0 Å². The largest absolute Gasteiger partial charge is 0.394 e. The summed E-state index contributed by atoms with van der Waals surface area (Å²) in [6.45, 7) is 6.40. The number of hydrogen-bond donors (Lipinski definition) is 1. The average molecular weight is 474 g/mol. The number of benzene rings is 2. The van der Waals surface area contributed by atoms with E-state index < -0.39 is 0 Å². The van der Waals surface area contributed by atoms with Crippen LogP contribution in [0.25, 0.3) is 11.1 Å². The van der Waals surface area contributed by atoms with Crippen molar-refractivity contribution in [2.75, 3.05) is 26.7 Å². The molecular weight excluding hydrogens is 438 g/mol. The number of ether oxygens (including phenoxy) is 1. The molecule has 184 valence electrons. The maximum atomic E-state index is 13.9. The number of pyridine rings is 1. The van der Waals surface area contributed by atoms with E-state index in [0.29, 0.717) is 25.3 Å². The van der Waals surface area contributed by atoms with Gasteiger partial charge in [-0.3, -0.25) is 14.7 Å². The van der Waals surface area contributed by atoms with E-state index in [-0.39, 0.29) is 30.6 Å². The molecule has 0 saturated carbocycles. The van der Waals surface area contributed by atoms with Crippen molar-refractivity contribution < 1.29 is 14.6 Å². The Hall–Kier alpha value is -3.06. The van der Waals surface area contributed by atoms with Crippen LogP contribution in [0.5, 0.6) is 0 Å². The highest BCUT2D eigenvalue weighted by Gasteiger charge is 2.30. The molecule has 6 heteroatoms. The zero-order chi connectivity index (χ0) is 24.8. The fourth-order valence-corrected chi connectivity index (χ4v) is 4.72. The highest BCUT2D eigenvalue weighted by Crippen LogP contribution is 2.31. The first kappa shape index (κ1) is 25.0. The van der Waals surface area contributed by atoms with Gasteiger partial charge in [0.1, 0.15) is 0 Å². The quantitative estimate of drug-likeness (QED) is 0.580. The number of nitrogens with zero attached hydrogens (tertiary/aromatic N) is 3. The minimum Gasteiger partial charge on any atom is -0.394 e. The minimum absolute atomic E-state index is 0.0604. The molecule has 0 saturated heterocycles. The van der Waals surface area contributed by atoms with Gasteiger partial charge in [-0.15, -0.1) is 0 Å². The second-order valence-corrected chi connectivity index (χ2v) is 9.57. The SMILES string of the molecule is C[C@H](CO)N1C[C@H](C)[C@H](CN(C)Cc2ccncc2)OCc2ccccc2-c2ccccc2C1=O. The van der Waals surface area contributed by atoms with Crippen molar-refractivity contribution >= 4 is 5.91 Å². The van der Waals surface area contributed by atoms with E-state index in [1.54, 1.807) is 4.90 Å². The van der Waals surface area contributed by atoms with Gasteiger partial charge < -0.3 is 14.7 Å². The molecule has 0 aliphatic carbocycles. The highest BCUT2D eigenvalue weighted by atomic mass is 16.5. The minimum atomic E-state index is -0.302. The van der Waals surface area contributed by atoms with Gasteiger partial charge in [-0.1, -0.05) is 49.4 Å². The Morgan fingerprint density at radius 2 is 1.71 bits per heavy atom. The van der Waals surface area contributed by atoms with E-state index in [0.717, 1.165) is 23.2 Å². The van der Waals surface area contributed by atoms with Gasteiger partial charge in [0.05, 0.1) is 25.4 Å². The van der Waals surface area contributed by atoms with Gasteiger partial charge in [-0.25, -0.2) is 0 Å². The number of aliphatic hydroxyl groups is 1. The summed E-state index contributed by atoms with van der Waals surface area (Å²) in [5.74, 6) is -0.000132. The van der Waals surface area contributed by atoms with Gasteiger partial charge in [0.2, 0.25) is 0 Å². The predicted molar refractivity (Wildman–Crippen MR) is 138 cm³/mol. The highest BCUT2D eigenvalue weighted by molar-refractivity contribution is 6.01. The molecule has 1 amide bonds. The third kappa shape index (κ3) is 5.96. The molecule has 0 radical (unpaired) electrons. The molecule has 35 heavy (non-hydrogen) atoms. The smallest absolute Gasteiger partial charge is 0.254 e. The van der Waals surface area contributed by atoms with Gasteiger partial charge in [0, 0.05) is 43.5 Å². The Labute approximate surface area is 208 Å². The lowest BCUT2D eigenvalue weighted by Gasteiger charge is -2.35. The second kappa shape index (κ2) is 11.6. The maximum absolute atomic E-state index is 13.9. The Balaban J connectivity index is 1.68. The van der Waals surface area contributed by atoms with E-state index in [1.807, 2.05) is 67.8 Å². The lowest BCUT2D eigenvalue weighted by atomic mass is 9.94. The second-order valence-electron chi connectivity index (χ2n) is 9.57. The van der Waals surface area contributed by atoms with Crippen molar-refractivity contribution in [1.29, 1.82) is 0 Å². The number of likely N-dealkylation sites (N-methyl/N-ethyl adjacent to an activating group) is 1. The van der Waals surface area contributed by atoms with E-state index in [1.165, 1.54) is 5.56 Å². The molecule has 6 nitrogen and oxygen atoms in total. The Morgan fingerprint density at radius 3 is 2.43 bits per heavy atom. The summed E-state index contributed by atoms with van der Waals surface area (Å²) in [6, 6.07) is 19.6. The number of hydrogen-bond acceptors (Lipinski definition) is 5. The molecular formula is C29H35N3O3. The van der Waals surface area contributed by atoms with Crippen LogP contribution in [0.1, 0.15) is 35.3 Å². The van der Waals surface area contributed by atoms with E-state index in [4.69, 9.17) is 4.74 Å². The number of aromatic nitrogens is 1. The van der Waals surface area contributed by atoms with Crippen LogP contribution in [0.4, 0.5) is 0 Å². The lowest BCUT2D eigenvalue weighted by Crippen LogP contribution is -2.47. The van der Waals surface area contributed by atoms with Crippen LogP contribution in [0.2, 0.25) is 0 Å². The third-order valence-corrected chi connectivity index (χ3v) is 6.79. The molecule has 1 aliphatic rings. The van der Waals surface area contributed by atoms with Crippen molar-refractivity contribution in [3.63, 3.8) is 0 Å². The van der Waals surface area contributed by atoms with Crippen LogP contribution in [-0.4, -0.2) is 64.7 Å². The number of carbonyl (C=O) groups excluding carboxylic acids is 1. The van der Waals surface area contributed by atoms with Crippen LogP contribution in [-0.2, 0) is 17.9 Å². The van der Waals surface area contributed by atoms with Crippen molar-refractivity contribution in [3.8, 4) is 11.1 Å². The predicted octanol–water partition coefficient (Wildman–Crippen LogP) is 4.24. The zero-order valence-corrected chi connectivity index (χ0v) is 20.8. The molecule has 0 bridgehead atoms. The van der Waals surface area contributed by atoms with Crippen molar-refractivity contribution in [1.82, 2.24) is 14.8 Å². The maximum Gasteiger partial charge on any atom is 0.254 e. The monoisotopic (exact) mass is 473 g/mol. The summed E-state index contributed by atoms with van der Waals surface area (Å²) in [6.07, 6.45) is 3.52. The lowest BCUT2D eigenvalue weighted by molar-refractivity contribution is -0.0241. The van der Waals surface area contributed by atoms with Gasteiger partial charge in [-0.05, 0) is 54.4 Å². The van der Waals surface area contributed by atoms with Crippen LogP contribution in [0.15, 0.2) is 73.1 Å². The zero-order valence-electron chi connectivity index (χ0n) is 20.8. The molecule has 3 atom stereocenters. The number of amides is 1. The van der Waals surface area contributed by atoms with Crippen LogP contribution < -0.4 is 0 Å². The van der Waals surface area contributed by atoms with Crippen molar-refractivity contribution in [2.24, 2.45) is 5.92 Å². The Kier molecular flexibility index (Phi) is 8.29. The summed E-state index contributed by atoms with van der Waals surface area (Å²) >= 11 is 0. The summed E-state index contributed by atoms with van der Waals surface area (Å²) < 4.78 is 6.58. The molecule has 3 aromatic rings. The van der Waals surface area contributed by atoms with Crippen LogP contribution in [0, 0.1) is 5.92 Å². The van der Waals surface area contributed by atoms with Gasteiger partial charge in [-0.2, -0.15) is 0 Å². The third-order valence-electron chi connectivity index (χ3n) is 6.79. The Bertz CT molecular complexity index is 1120. The first-order chi connectivity index (χ1) is 17.0. The van der Waals surface area contributed by atoms with Crippen molar-refractivity contribution in [3.05, 3.63) is 89.7 Å². The van der Waals surface area contributed by atoms with Gasteiger partial charge in [0.25, 0.3) is 5.91 Å². The molecule has 4 rings (SSSR count). The van der Waals surface area contributed by atoms with Crippen LogP contribution >= 0.6 is 0 Å². The van der Waals surface area contributed by atoms with E-state index in [2.05, 4.69) is 36.0 Å². The molecule has 2 aromatic carbocycles. The molecule has 0 spiro atoms. The fraction of sp³-hybridized carbons (Fsp3) is 0.379. The number of rotatable bonds is 6. The number of fused-ring (bicyclic) bond motifs is 3. The molecule has 2 heterocycles. The summed E-state index contributed by atoms with van der Waals surface area (Å²) in [5, 5.41) is 9.98. The number of aliphatic hydroxyl groups excluding tert-OH is 1. The topological polar surface area (TPSA) is 65.9 Å². The summed E-state index contributed by atoms with van der Waals surface area (Å²) in [4.78, 5) is 22.0. The fourth-order valence-electron chi connectivity index (χ4n) is 4.72. The summed E-state index contributed by atoms with van der Waals surface area (Å²) in [5.41, 5.74) is 4.81. The van der Waals surface area contributed by atoms with Gasteiger partial charge >= 0.3 is 0 Å². The molecule has 0 fully saturated rings. The van der Waals surface area contributed by atoms with Crippen molar-refractivity contribution in [2.45, 2.75) is 39.1 Å². The van der Waals surface area contributed by atoms with E-state index >= 15 is 0 Å². The van der Waals surface area contributed by atoms with E-state index in [9.17, 15) is 9.90 Å². The summed E-state index contributed by atoms with van der Waals surface area (Å²) in [7, 11) is 2.09.